The molecule has 4 aromatic carbocycles. The quantitative estimate of drug-likeness (QED) is 0.158. The number of rotatable bonds is 12. The molecule has 2 nitrogen and oxygen atoms in total. The molecule has 0 aromatic heterocycles. The maximum atomic E-state index is 7.84. The van der Waals surface area contributed by atoms with Crippen LogP contribution < -0.4 is 0 Å². The zero-order valence-corrected chi connectivity index (χ0v) is 26.5. The van der Waals surface area contributed by atoms with Gasteiger partial charge in [0.05, 0.1) is 0 Å². The van der Waals surface area contributed by atoms with E-state index < -0.39 is 27.8 Å². The van der Waals surface area contributed by atoms with Crippen LogP contribution in [0.25, 0.3) is 0 Å². The standard InChI is InChI=1S/C35H44O2Si2.CH4/c1-7-29-39(5,6)37-35(32-25-17-11-18-26-32,33-27-19-12-20-28-33)34(36-38(3,4)8-2,30-21-13-9-14-22-30)31-23-15-10-16-24-31;/h9-28H,7-8,29H2,1-6H3;1H4. The minimum absolute atomic E-state index is 0. The Bertz CT molecular complexity index is 1210. The summed E-state index contributed by atoms with van der Waals surface area (Å²) >= 11 is 0. The topological polar surface area (TPSA) is 18.5 Å². The highest BCUT2D eigenvalue weighted by Crippen LogP contribution is 2.57. The average molecular weight is 569 g/mol. The Hall–Kier alpha value is -2.77. The van der Waals surface area contributed by atoms with Gasteiger partial charge in [0.25, 0.3) is 0 Å². The molecule has 0 heterocycles. The molecule has 0 radical (unpaired) electrons. The molecule has 0 aliphatic rings. The van der Waals surface area contributed by atoms with Crippen molar-refractivity contribution in [2.75, 3.05) is 0 Å². The van der Waals surface area contributed by atoms with Crippen LogP contribution in [-0.2, 0) is 20.1 Å². The van der Waals surface area contributed by atoms with Gasteiger partial charge in [0.1, 0.15) is 11.2 Å². The van der Waals surface area contributed by atoms with Crippen molar-refractivity contribution in [3.63, 3.8) is 0 Å². The smallest absolute Gasteiger partial charge is 0.188 e. The van der Waals surface area contributed by atoms with Crippen LogP contribution in [-0.4, -0.2) is 16.6 Å². The van der Waals surface area contributed by atoms with Crippen LogP contribution in [0.2, 0.25) is 38.3 Å². The third-order valence-corrected chi connectivity index (χ3v) is 12.9. The van der Waals surface area contributed by atoms with E-state index in [0.29, 0.717) is 0 Å². The molecular weight excluding hydrogens is 521 g/mol. The molecule has 0 aliphatic heterocycles. The number of hydrogen-bond donors (Lipinski definition) is 0. The van der Waals surface area contributed by atoms with Gasteiger partial charge in [-0.1, -0.05) is 149 Å². The van der Waals surface area contributed by atoms with Crippen LogP contribution in [0.5, 0.6) is 0 Å². The maximum absolute atomic E-state index is 7.84. The van der Waals surface area contributed by atoms with Crippen molar-refractivity contribution in [2.45, 2.75) is 77.2 Å². The number of hydrogen-bond acceptors (Lipinski definition) is 2. The van der Waals surface area contributed by atoms with E-state index in [-0.39, 0.29) is 7.43 Å². The second-order valence-electron chi connectivity index (χ2n) is 11.7. The van der Waals surface area contributed by atoms with Gasteiger partial charge in [0.15, 0.2) is 16.6 Å². The zero-order chi connectivity index (χ0) is 28.0. The molecule has 0 unspecified atom stereocenters. The lowest BCUT2D eigenvalue weighted by atomic mass is 9.66. The minimum atomic E-state index is -2.23. The summed E-state index contributed by atoms with van der Waals surface area (Å²) < 4.78 is 15.6. The number of benzene rings is 4. The first-order valence-electron chi connectivity index (χ1n) is 14.3. The van der Waals surface area contributed by atoms with Crippen molar-refractivity contribution in [3.8, 4) is 0 Å². The van der Waals surface area contributed by atoms with Gasteiger partial charge in [-0.05, 0) is 60.5 Å². The predicted octanol–water partition coefficient (Wildman–Crippen LogP) is 10.4. The largest absolute Gasteiger partial charge is 0.401 e. The highest BCUT2D eigenvalue weighted by Gasteiger charge is 2.61. The lowest BCUT2D eigenvalue weighted by molar-refractivity contribution is -0.0893. The molecule has 0 aliphatic carbocycles. The summed E-state index contributed by atoms with van der Waals surface area (Å²) in [5, 5.41) is 0. The van der Waals surface area contributed by atoms with Crippen LogP contribution >= 0.6 is 0 Å². The third kappa shape index (κ3) is 6.26. The Morgan fingerprint density at radius 2 is 0.750 bits per heavy atom. The summed E-state index contributed by atoms with van der Waals surface area (Å²) in [6, 6.07) is 45.3. The lowest BCUT2D eigenvalue weighted by Gasteiger charge is -2.56. The second-order valence-corrected chi connectivity index (χ2v) is 20.3. The molecule has 0 saturated heterocycles. The van der Waals surface area contributed by atoms with Gasteiger partial charge in [0.2, 0.25) is 0 Å². The van der Waals surface area contributed by atoms with Crippen molar-refractivity contribution >= 4 is 16.6 Å². The van der Waals surface area contributed by atoms with Crippen molar-refractivity contribution in [3.05, 3.63) is 144 Å². The Kier molecular flexibility index (Phi) is 10.5. The van der Waals surface area contributed by atoms with E-state index in [2.05, 4.69) is 161 Å². The summed E-state index contributed by atoms with van der Waals surface area (Å²) in [4.78, 5) is 0. The van der Waals surface area contributed by atoms with Crippen LogP contribution in [0.1, 0.15) is 49.9 Å². The Balaban J connectivity index is 0.00000441. The van der Waals surface area contributed by atoms with Crippen molar-refractivity contribution in [1.29, 1.82) is 0 Å². The van der Waals surface area contributed by atoms with Crippen LogP contribution in [0.4, 0.5) is 0 Å². The molecular formula is C36H48O2Si2. The Morgan fingerprint density at radius 3 is 1.00 bits per heavy atom. The first-order chi connectivity index (χ1) is 18.7. The summed E-state index contributed by atoms with van der Waals surface area (Å²) in [5.41, 5.74) is 2.59. The second kappa shape index (κ2) is 13.3. The molecule has 0 spiro atoms. The highest BCUT2D eigenvalue weighted by molar-refractivity contribution is 6.71. The van der Waals surface area contributed by atoms with Crippen LogP contribution in [0, 0.1) is 0 Å². The maximum Gasteiger partial charge on any atom is 0.188 e. The monoisotopic (exact) mass is 568 g/mol. The van der Waals surface area contributed by atoms with Crippen LogP contribution in [0.15, 0.2) is 121 Å². The Labute approximate surface area is 245 Å². The first kappa shape index (κ1) is 31.8. The van der Waals surface area contributed by atoms with Crippen LogP contribution in [0.3, 0.4) is 0 Å². The van der Waals surface area contributed by atoms with Crippen molar-refractivity contribution in [1.82, 2.24) is 0 Å². The van der Waals surface area contributed by atoms with Crippen molar-refractivity contribution < 1.29 is 8.85 Å². The molecule has 0 bridgehead atoms. The summed E-state index contributed by atoms with van der Waals surface area (Å²) in [6.45, 7) is 13.9. The fraction of sp³-hybridized carbons (Fsp3) is 0.333. The van der Waals surface area contributed by atoms with Gasteiger partial charge in [-0.2, -0.15) is 0 Å². The van der Waals surface area contributed by atoms with Gasteiger partial charge in [-0.15, -0.1) is 0 Å². The molecule has 0 amide bonds. The van der Waals surface area contributed by atoms with E-state index >= 15 is 0 Å². The van der Waals surface area contributed by atoms with E-state index in [1.165, 1.54) is 0 Å². The van der Waals surface area contributed by atoms with E-state index in [0.717, 1.165) is 40.8 Å². The summed E-state index contributed by atoms with van der Waals surface area (Å²) in [6.07, 6.45) is 1.08. The van der Waals surface area contributed by atoms with Gasteiger partial charge in [0, 0.05) is 0 Å². The Morgan fingerprint density at radius 1 is 0.475 bits per heavy atom. The van der Waals surface area contributed by atoms with E-state index in [9.17, 15) is 0 Å². The van der Waals surface area contributed by atoms with E-state index in [4.69, 9.17) is 8.85 Å². The zero-order valence-electron chi connectivity index (χ0n) is 24.5. The SMILES string of the molecule is C.CCC[Si](C)(C)OC(c1ccccc1)(c1ccccc1)C(O[Si](C)(C)CC)(c1ccccc1)c1ccccc1. The first-order valence-corrected chi connectivity index (χ1v) is 20.6. The van der Waals surface area contributed by atoms with Gasteiger partial charge in [-0.25, -0.2) is 0 Å². The molecule has 0 saturated carbocycles. The molecule has 212 valence electrons. The molecule has 0 N–H and O–H groups in total. The minimum Gasteiger partial charge on any atom is -0.401 e. The summed E-state index contributed by atoms with van der Waals surface area (Å²) in [7, 11) is -4.44. The third-order valence-electron chi connectivity index (χ3n) is 7.78. The lowest BCUT2D eigenvalue weighted by Crippen LogP contribution is -2.61. The average Bonchev–Trinajstić information content (AvgIpc) is 2.96. The molecule has 0 fully saturated rings. The summed E-state index contributed by atoms with van der Waals surface area (Å²) in [5.74, 6) is 0. The predicted molar refractivity (Wildman–Crippen MR) is 177 cm³/mol. The fourth-order valence-corrected chi connectivity index (χ4v) is 9.64. The van der Waals surface area contributed by atoms with Gasteiger partial charge in [-0.3, -0.25) is 0 Å². The molecule has 40 heavy (non-hydrogen) atoms. The van der Waals surface area contributed by atoms with Gasteiger partial charge < -0.3 is 8.85 Å². The molecule has 0 atom stereocenters. The molecule has 4 heteroatoms. The molecule has 4 rings (SSSR count). The fourth-order valence-electron chi connectivity index (χ4n) is 5.77. The van der Waals surface area contributed by atoms with Gasteiger partial charge >= 0.3 is 0 Å². The highest BCUT2D eigenvalue weighted by atomic mass is 28.4. The van der Waals surface area contributed by atoms with Crippen molar-refractivity contribution in [2.24, 2.45) is 0 Å². The normalized spacial score (nSPS) is 12.6. The van der Waals surface area contributed by atoms with E-state index in [1.54, 1.807) is 0 Å². The molecule has 4 aromatic rings. The van der Waals surface area contributed by atoms with E-state index in [1.807, 2.05) is 0 Å².